The molecule has 1 aliphatic rings. The van der Waals surface area contributed by atoms with E-state index in [4.69, 9.17) is 12.2 Å². The average Bonchev–Trinajstić information content (AvgIpc) is 3.19. The molecule has 1 saturated heterocycles. The van der Waals surface area contributed by atoms with Crippen LogP contribution in [0.4, 0.5) is 18.9 Å². The molecule has 0 spiro atoms. The van der Waals surface area contributed by atoms with Crippen molar-refractivity contribution in [1.29, 1.82) is 0 Å². The molecular formula is C23H16F3N3O2S. The molecule has 9 heteroatoms. The van der Waals surface area contributed by atoms with E-state index in [0.717, 1.165) is 28.3 Å². The van der Waals surface area contributed by atoms with Gasteiger partial charge in [-0.05, 0) is 67.7 Å². The molecule has 0 saturated carbocycles. The standard InChI is InChI=1S/C23H16F3N3O2S/c1-14-7-9-16(10-8-14)28-11-3-6-17(28)13-19-20(30)27-22(32)29(21(19)31)18-5-2-4-15(12-18)23(24,25)26/h2-13H,1H3,(H,27,30,32)/b19-13+. The van der Waals surface area contributed by atoms with Crippen molar-refractivity contribution in [3.63, 3.8) is 0 Å². The maximum atomic E-state index is 13.1. The van der Waals surface area contributed by atoms with Gasteiger partial charge in [0.25, 0.3) is 11.8 Å². The molecule has 0 radical (unpaired) electrons. The fourth-order valence-corrected chi connectivity index (χ4v) is 3.59. The van der Waals surface area contributed by atoms with Crippen molar-refractivity contribution in [3.05, 3.63) is 89.3 Å². The van der Waals surface area contributed by atoms with Crippen LogP contribution in [0.25, 0.3) is 11.8 Å². The van der Waals surface area contributed by atoms with Crippen molar-refractivity contribution in [2.45, 2.75) is 13.1 Å². The Morgan fingerprint density at radius 2 is 1.69 bits per heavy atom. The lowest BCUT2D eigenvalue weighted by atomic mass is 10.1. The lowest BCUT2D eigenvalue weighted by Gasteiger charge is -2.29. The molecule has 162 valence electrons. The smallest absolute Gasteiger partial charge is 0.317 e. The third kappa shape index (κ3) is 4.06. The Morgan fingerprint density at radius 1 is 0.969 bits per heavy atom. The normalized spacial score (nSPS) is 15.9. The molecular weight excluding hydrogens is 439 g/mol. The van der Waals surface area contributed by atoms with Crippen molar-refractivity contribution in [1.82, 2.24) is 9.88 Å². The van der Waals surface area contributed by atoms with Gasteiger partial charge in [-0.25, -0.2) is 0 Å². The summed E-state index contributed by atoms with van der Waals surface area (Å²) < 4.78 is 41.2. The summed E-state index contributed by atoms with van der Waals surface area (Å²) in [5.41, 5.74) is 1.18. The van der Waals surface area contributed by atoms with Crippen LogP contribution in [0.1, 0.15) is 16.8 Å². The molecule has 2 heterocycles. The SMILES string of the molecule is Cc1ccc(-n2cccc2/C=C2\C(=O)NC(=S)N(c3cccc(C(F)(F)F)c3)C2=O)cc1. The second kappa shape index (κ2) is 8.08. The van der Waals surface area contributed by atoms with Gasteiger partial charge in [0.2, 0.25) is 0 Å². The van der Waals surface area contributed by atoms with Gasteiger partial charge in [0, 0.05) is 17.6 Å². The first-order chi connectivity index (χ1) is 15.1. The second-order valence-electron chi connectivity index (χ2n) is 7.14. The number of halogens is 3. The number of nitrogens with one attached hydrogen (secondary N) is 1. The van der Waals surface area contributed by atoms with Gasteiger partial charge in [-0.3, -0.25) is 19.8 Å². The zero-order valence-electron chi connectivity index (χ0n) is 16.7. The van der Waals surface area contributed by atoms with Crippen molar-refractivity contribution < 1.29 is 22.8 Å². The Morgan fingerprint density at radius 3 is 2.38 bits per heavy atom. The number of carbonyl (C=O) groups is 2. The van der Waals surface area contributed by atoms with E-state index >= 15 is 0 Å². The van der Waals surface area contributed by atoms with E-state index in [-0.39, 0.29) is 16.4 Å². The molecule has 1 fully saturated rings. The molecule has 0 unspecified atom stereocenters. The highest BCUT2D eigenvalue weighted by atomic mass is 32.1. The van der Waals surface area contributed by atoms with Gasteiger partial charge in [0.1, 0.15) is 5.57 Å². The number of alkyl halides is 3. The van der Waals surface area contributed by atoms with Crippen LogP contribution in [0.15, 0.2) is 72.4 Å². The summed E-state index contributed by atoms with van der Waals surface area (Å²) in [6.07, 6.45) is -1.43. The van der Waals surface area contributed by atoms with E-state index in [9.17, 15) is 22.8 Å². The Bertz CT molecular complexity index is 1260. The van der Waals surface area contributed by atoms with Crippen molar-refractivity contribution in [3.8, 4) is 5.69 Å². The predicted octanol–water partition coefficient (Wildman–Crippen LogP) is 4.64. The lowest BCUT2D eigenvalue weighted by molar-refractivity contribution is -0.137. The van der Waals surface area contributed by atoms with Crippen LogP contribution in [-0.4, -0.2) is 21.5 Å². The summed E-state index contributed by atoms with van der Waals surface area (Å²) in [6.45, 7) is 1.96. The van der Waals surface area contributed by atoms with E-state index in [1.165, 1.54) is 18.2 Å². The van der Waals surface area contributed by atoms with Gasteiger partial charge >= 0.3 is 6.18 Å². The molecule has 2 aromatic carbocycles. The Balaban J connectivity index is 1.74. The zero-order chi connectivity index (χ0) is 23.0. The first kappa shape index (κ1) is 21.5. The molecule has 5 nitrogen and oxygen atoms in total. The molecule has 0 bridgehead atoms. The van der Waals surface area contributed by atoms with Crippen molar-refractivity contribution in [2.75, 3.05) is 4.90 Å². The Kier molecular flexibility index (Phi) is 5.43. The number of aryl methyl sites for hydroxylation is 1. The second-order valence-corrected chi connectivity index (χ2v) is 7.53. The quantitative estimate of drug-likeness (QED) is 0.356. The summed E-state index contributed by atoms with van der Waals surface area (Å²) in [6, 6.07) is 15.3. The Labute approximate surface area is 186 Å². The fraction of sp³-hybridized carbons (Fsp3) is 0.0870. The summed E-state index contributed by atoms with van der Waals surface area (Å²) in [4.78, 5) is 26.6. The highest BCUT2D eigenvalue weighted by molar-refractivity contribution is 7.80. The zero-order valence-corrected chi connectivity index (χ0v) is 17.5. The van der Waals surface area contributed by atoms with Crippen LogP contribution in [-0.2, 0) is 15.8 Å². The monoisotopic (exact) mass is 455 g/mol. The number of aromatic nitrogens is 1. The summed E-state index contributed by atoms with van der Waals surface area (Å²) in [7, 11) is 0. The highest BCUT2D eigenvalue weighted by Gasteiger charge is 2.36. The topological polar surface area (TPSA) is 54.3 Å². The molecule has 1 N–H and O–H groups in total. The van der Waals surface area contributed by atoms with Crippen LogP contribution < -0.4 is 10.2 Å². The summed E-state index contributed by atoms with van der Waals surface area (Å²) >= 11 is 5.07. The van der Waals surface area contributed by atoms with Crippen LogP contribution >= 0.6 is 12.2 Å². The minimum absolute atomic E-state index is 0.0883. The van der Waals surface area contributed by atoms with Gasteiger partial charge in [0.15, 0.2) is 5.11 Å². The number of nitrogens with zero attached hydrogens (tertiary/aromatic N) is 2. The number of hydrogen-bond donors (Lipinski definition) is 1. The minimum Gasteiger partial charge on any atom is -0.317 e. The van der Waals surface area contributed by atoms with Crippen LogP contribution in [0.5, 0.6) is 0 Å². The van der Waals surface area contributed by atoms with Crippen LogP contribution in [0, 0.1) is 6.92 Å². The van der Waals surface area contributed by atoms with Gasteiger partial charge in [-0.15, -0.1) is 0 Å². The van der Waals surface area contributed by atoms with Crippen LogP contribution in [0.3, 0.4) is 0 Å². The average molecular weight is 455 g/mol. The van der Waals surface area contributed by atoms with E-state index in [1.807, 2.05) is 31.2 Å². The van der Waals surface area contributed by atoms with E-state index in [1.54, 1.807) is 22.9 Å². The van der Waals surface area contributed by atoms with E-state index in [2.05, 4.69) is 5.32 Å². The highest BCUT2D eigenvalue weighted by Crippen LogP contribution is 2.32. The maximum Gasteiger partial charge on any atom is 0.416 e. The molecule has 3 aromatic rings. The Hall–Kier alpha value is -3.72. The van der Waals surface area contributed by atoms with Gasteiger partial charge in [-0.2, -0.15) is 13.2 Å². The number of carbonyl (C=O) groups excluding carboxylic acids is 2. The number of amides is 2. The number of anilines is 1. The van der Waals surface area contributed by atoms with Crippen LogP contribution in [0.2, 0.25) is 0 Å². The number of rotatable bonds is 3. The summed E-state index contributed by atoms with van der Waals surface area (Å²) in [5, 5.41) is 2.10. The van der Waals surface area contributed by atoms with Gasteiger partial charge < -0.3 is 4.57 Å². The van der Waals surface area contributed by atoms with Gasteiger partial charge in [0.05, 0.1) is 11.3 Å². The molecule has 1 aromatic heterocycles. The first-order valence-electron chi connectivity index (χ1n) is 9.48. The molecule has 4 rings (SSSR count). The number of thiocarbonyl (C=S) groups is 1. The summed E-state index contributed by atoms with van der Waals surface area (Å²) in [5.74, 6) is -1.53. The molecule has 32 heavy (non-hydrogen) atoms. The number of hydrogen-bond acceptors (Lipinski definition) is 3. The van der Waals surface area contributed by atoms with Crippen molar-refractivity contribution >= 4 is 40.9 Å². The van der Waals surface area contributed by atoms with Gasteiger partial charge in [-0.1, -0.05) is 23.8 Å². The maximum absolute atomic E-state index is 13.1. The fourth-order valence-electron chi connectivity index (χ4n) is 3.31. The lowest BCUT2D eigenvalue weighted by Crippen LogP contribution is -2.54. The van der Waals surface area contributed by atoms with Crippen molar-refractivity contribution in [2.24, 2.45) is 0 Å². The predicted molar refractivity (Wildman–Crippen MR) is 118 cm³/mol. The van der Waals surface area contributed by atoms with E-state index in [0.29, 0.717) is 5.69 Å². The molecule has 0 atom stereocenters. The third-order valence-corrected chi connectivity index (χ3v) is 5.20. The largest absolute Gasteiger partial charge is 0.416 e. The number of benzene rings is 2. The third-order valence-electron chi connectivity index (χ3n) is 4.92. The van der Waals surface area contributed by atoms with E-state index < -0.39 is 23.6 Å². The molecule has 0 aliphatic carbocycles. The minimum atomic E-state index is -4.59. The first-order valence-corrected chi connectivity index (χ1v) is 9.89. The molecule has 2 amide bonds. The molecule has 1 aliphatic heterocycles.